The van der Waals surface area contributed by atoms with Crippen molar-refractivity contribution in [2.75, 3.05) is 6.61 Å². The third-order valence-electron chi connectivity index (χ3n) is 5.91. The first-order chi connectivity index (χ1) is 18.7. The molecule has 0 spiro atoms. The van der Waals surface area contributed by atoms with Gasteiger partial charge in [0.25, 0.3) is 0 Å². The second-order valence-electron chi connectivity index (χ2n) is 8.84. The smallest absolute Gasteiger partial charge is 0.331 e. The molecule has 0 radical (unpaired) electrons. The van der Waals surface area contributed by atoms with E-state index < -0.39 is 43.3 Å². The molecule has 10 nitrogen and oxygen atoms in total. The molecular formula is C29H28O10. The monoisotopic (exact) mass is 536 g/mol. The predicted molar refractivity (Wildman–Crippen MR) is 141 cm³/mol. The molecule has 1 heterocycles. The van der Waals surface area contributed by atoms with Gasteiger partial charge >= 0.3 is 5.97 Å². The lowest BCUT2D eigenvalue weighted by atomic mass is 9.99. The van der Waals surface area contributed by atoms with Gasteiger partial charge in [0.15, 0.2) is 6.10 Å². The number of carbonyl (C=O) groups is 1. The Bertz CT molecular complexity index is 1320. The van der Waals surface area contributed by atoms with Gasteiger partial charge in [-0.2, -0.15) is 0 Å². The van der Waals surface area contributed by atoms with Crippen LogP contribution in [0.15, 0.2) is 72.8 Å². The topological polar surface area (TPSA) is 166 Å². The van der Waals surface area contributed by atoms with Crippen molar-refractivity contribution in [3.8, 4) is 23.0 Å². The van der Waals surface area contributed by atoms with Gasteiger partial charge < -0.3 is 44.8 Å². The summed E-state index contributed by atoms with van der Waals surface area (Å²) >= 11 is 0. The number of phenols is 3. The fourth-order valence-corrected chi connectivity index (χ4v) is 3.88. The van der Waals surface area contributed by atoms with Crippen molar-refractivity contribution < 1.29 is 49.6 Å². The standard InChI is InChI=1S/C29H28O10/c30-16-24-26(35)27(36)28(39-25(34)12-7-18-5-10-21(32)11-6-18)29(38-24)37-23-14-19(13-22(33)15-23)2-1-17-3-8-20(31)9-4-17/h1-15,24,26-33,35-36H,16H2/b2-1+,12-7+/t24-,26-,27+,28-,29-/m1/s1. The van der Waals surface area contributed by atoms with E-state index in [4.69, 9.17) is 14.2 Å². The average Bonchev–Trinajstić information content (AvgIpc) is 2.92. The molecule has 0 saturated carbocycles. The summed E-state index contributed by atoms with van der Waals surface area (Å²) in [5.74, 6) is -0.708. The normalized spacial score (nSPS) is 23.2. The van der Waals surface area contributed by atoms with Crippen LogP contribution in [0, 0.1) is 0 Å². The van der Waals surface area contributed by atoms with Crippen molar-refractivity contribution in [1.29, 1.82) is 0 Å². The van der Waals surface area contributed by atoms with Crippen molar-refractivity contribution >= 4 is 24.2 Å². The minimum absolute atomic E-state index is 0.0653. The summed E-state index contributed by atoms with van der Waals surface area (Å²) in [6.07, 6.45) is -1.40. The summed E-state index contributed by atoms with van der Waals surface area (Å²) < 4.78 is 16.8. The van der Waals surface area contributed by atoms with Gasteiger partial charge in [0.1, 0.15) is 41.3 Å². The Morgan fingerprint density at radius 2 is 1.36 bits per heavy atom. The Morgan fingerprint density at radius 3 is 1.97 bits per heavy atom. The first-order valence-electron chi connectivity index (χ1n) is 12.0. The van der Waals surface area contributed by atoms with Crippen LogP contribution in [0.3, 0.4) is 0 Å². The largest absolute Gasteiger partial charge is 0.508 e. The SMILES string of the molecule is O=C(/C=C/c1ccc(O)cc1)O[C@H]1[C@H](Oc2cc(O)cc(/C=C/c3ccc(O)cc3)c2)O[C@H](CO)[C@@H](O)[C@@H]1O. The molecule has 1 aliphatic heterocycles. The van der Waals surface area contributed by atoms with Crippen molar-refractivity contribution in [2.24, 2.45) is 0 Å². The Labute approximate surface area is 223 Å². The van der Waals surface area contributed by atoms with Crippen molar-refractivity contribution in [3.05, 3.63) is 89.5 Å². The quantitative estimate of drug-likeness (QED) is 0.143. The number of rotatable bonds is 8. The van der Waals surface area contributed by atoms with E-state index >= 15 is 0 Å². The zero-order valence-corrected chi connectivity index (χ0v) is 20.6. The molecule has 39 heavy (non-hydrogen) atoms. The maximum absolute atomic E-state index is 12.5. The fraction of sp³-hybridized carbons (Fsp3) is 0.207. The number of benzene rings is 3. The van der Waals surface area contributed by atoms with Gasteiger partial charge in [-0.3, -0.25) is 0 Å². The van der Waals surface area contributed by atoms with Gasteiger partial charge in [0, 0.05) is 12.1 Å². The maximum atomic E-state index is 12.5. The number of aromatic hydroxyl groups is 3. The lowest BCUT2D eigenvalue weighted by molar-refractivity contribution is -0.281. The summed E-state index contributed by atoms with van der Waals surface area (Å²) in [5, 5.41) is 59.6. The van der Waals surface area contributed by atoms with E-state index in [1.54, 1.807) is 42.5 Å². The predicted octanol–water partition coefficient (Wildman–Crippen LogP) is 2.42. The van der Waals surface area contributed by atoms with Crippen LogP contribution in [-0.4, -0.2) is 73.9 Å². The molecule has 6 N–H and O–H groups in total. The highest BCUT2D eigenvalue weighted by atomic mass is 16.7. The number of carbonyl (C=O) groups excluding carboxylic acids is 1. The van der Waals surface area contributed by atoms with Gasteiger partial charge in [-0.15, -0.1) is 0 Å². The van der Waals surface area contributed by atoms with E-state index in [0.717, 1.165) is 11.6 Å². The number of esters is 1. The zero-order chi connectivity index (χ0) is 27.9. The zero-order valence-electron chi connectivity index (χ0n) is 20.6. The van der Waals surface area contributed by atoms with E-state index in [1.165, 1.54) is 42.5 Å². The van der Waals surface area contributed by atoms with Gasteiger partial charge in [0.05, 0.1) is 6.61 Å². The lowest BCUT2D eigenvalue weighted by Crippen LogP contribution is -2.61. The Hall–Kier alpha value is -4.35. The van der Waals surface area contributed by atoms with Crippen LogP contribution in [0.25, 0.3) is 18.2 Å². The van der Waals surface area contributed by atoms with E-state index in [0.29, 0.717) is 11.1 Å². The first-order valence-corrected chi connectivity index (χ1v) is 12.0. The molecule has 1 saturated heterocycles. The van der Waals surface area contributed by atoms with Gasteiger partial charge in [-0.05, 0) is 59.2 Å². The molecule has 0 amide bonds. The molecule has 204 valence electrons. The third kappa shape index (κ3) is 7.37. The van der Waals surface area contributed by atoms with Gasteiger partial charge in [0.2, 0.25) is 6.29 Å². The summed E-state index contributed by atoms with van der Waals surface area (Å²) in [4.78, 5) is 12.5. The van der Waals surface area contributed by atoms with Gasteiger partial charge in [-0.1, -0.05) is 36.4 Å². The van der Waals surface area contributed by atoms with Crippen LogP contribution in [-0.2, 0) is 14.3 Å². The minimum Gasteiger partial charge on any atom is -0.508 e. The highest BCUT2D eigenvalue weighted by Crippen LogP contribution is 2.30. The highest BCUT2D eigenvalue weighted by Gasteiger charge is 2.47. The van der Waals surface area contributed by atoms with E-state index in [9.17, 15) is 35.4 Å². The van der Waals surface area contributed by atoms with E-state index in [-0.39, 0.29) is 23.0 Å². The second-order valence-corrected chi connectivity index (χ2v) is 8.84. The summed E-state index contributed by atoms with van der Waals surface area (Å²) in [6, 6.07) is 16.9. The van der Waals surface area contributed by atoms with E-state index in [2.05, 4.69) is 0 Å². The number of hydrogen-bond acceptors (Lipinski definition) is 10. The summed E-state index contributed by atoms with van der Waals surface area (Å²) in [7, 11) is 0. The number of aliphatic hydroxyl groups excluding tert-OH is 3. The molecule has 1 fully saturated rings. The van der Waals surface area contributed by atoms with Crippen molar-refractivity contribution in [2.45, 2.75) is 30.7 Å². The molecule has 3 aromatic rings. The molecule has 3 aromatic carbocycles. The van der Waals surface area contributed by atoms with Crippen LogP contribution in [0.5, 0.6) is 23.0 Å². The average molecular weight is 537 g/mol. The Morgan fingerprint density at radius 1 is 0.769 bits per heavy atom. The number of ether oxygens (including phenoxy) is 3. The Balaban J connectivity index is 1.52. The Kier molecular flexibility index (Phi) is 8.84. The molecule has 0 aliphatic carbocycles. The first kappa shape index (κ1) is 27.7. The van der Waals surface area contributed by atoms with Crippen LogP contribution in [0.4, 0.5) is 0 Å². The maximum Gasteiger partial charge on any atom is 0.331 e. The summed E-state index contributed by atoms with van der Waals surface area (Å²) in [5.41, 5.74) is 1.94. The molecule has 0 unspecified atom stereocenters. The van der Waals surface area contributed by atoms with Crippen LogP contribution in [0.1, 0.15) is 16.7 Å². The lowest BCUT2D eigenvalue weighted by Gasteiger charge is -2.41. The van der Waals surface area contributed by atoms with Crippen LogP contribution in [0.2, 0.25) is 0 Å². The molecular weight excluding hydrogens is 508 g/mol. The van der Waals surface area contributed by atoms with Gasteiger partial charge in [-0.25, -0.2) is 4.79 Å². The molecule has 0 aromatic heterocycles. The van der Waals surface area contributed by atoms with Crippen LogP contribution < -0.4 is 4.74 Å². The second kappa shape index (κ2) is 12.5. The fourth-order valence-electron chi connectivity index (χ4n) is 3.88. The minimum atomic E-state index is -1.65. The molecule has 5 atom stereocenters. The molecule has 4 rings (SSSR count). The summed E-state index contributed by atoms with van der Waals surface area (Å²) in [6.45, 7) is -0.639. The van der Waals surface area contributed by atoms with Crippen molar-refractivity contribution in [3.63, 3.8) is 0 Å². The van der Waals surface area contributed by atoms with E-state index in [1.807, 2.05) is 0 Å². The number of hydrogen-bond donors (Lipinski definition) is 6. The highest BCUT2D eigenvalue weighted by molar-refractivity contribution is 5.87. The van der Waals surface area contributed by atoms with Crippen LogP contribution >= 0.6 is 0 Å². The number of aliphatic hydroxyl groups is 3. The third-order valence-corrected chi connectivity index (χ3v) is 5.91. The molecule has 0 bridgehead atoms. The number of phenolic OH excluding ortho intramolecular Hbond substituents is 3. The molecule has 10 heteroatoms. The van der Waals surface area contributed by atoms with Crippen molar-refractivity contribution in [1.82, 2.24) is 0 Å². The molecule has 1 aliphatic rings.